The fourth-order valence-corrected chi connectivity index (χ4v) is 3.95. The smallest absolute Gasteiger partial charge is 0.298 e. The zero-order valence-electron chi connectivity index (χ0n) is 21.0. The molecule has 0 aliphatic carbocycles. The van der Waals surface area contributed by atoms with E-state index in [9.17, 15) is 22.6 Å². The second kappa shape index (κ2) is 13.5. The number of hydrogen-bond acceptors (Lipinski definition) is 8. The van der Waals surface area contributed by atoms with Crippen LogP contribution in [0.15, 0.2) is 71.6 Å². The second-order valence-electron chi connectivity index (χ2n) is 7.98. The van der Waals surface area contributed by atoms with Crippen LogP contribution in [0.5, 0.6) is 5.75 Å². The number of benzene rings is 3. The molecule has 0 saturated carbocycles. The van der Waals surface area contributed by atoms with Crippen LogP contribution in [0.4, 0.5) is 11.4 Å². The van der Waals surface area contributed by atoms with E-state index < -0.39 is 20.9 Å². The lowest BCUT2D eigenvalue weighted by atomic mass is 10.1. The molecule has 0 aromatic heterocycles. The van der Waals surface area contributed by atoms with Crippen LogP contribution >= 0.6 is 0 Å². The molecular formula is C26H30N4O7S. The molecule has 0 aliphatic rings. The Morgan fingerprint density at radius 1 is 0.842 bits per heavy atom. The molecule has 202 valence electrons. The summed E-state index contributed by atoms with van der Waals surface area (Å²) in [5.74, 6) is -0.970. The van der Waals surface area contributed by atoms with Crippen molar-refractivity contribution in [3.63, 3.8) is 0 Å². The van der Waals surface area contributed by atoms with Gasteiger partial charge in [-0.25, -0.2) is 5.48 Å². The molecule has 3 aromatic carbocycles. The number of rotatable bonds is 13. The van der Waals surface area contributed by atoms with Gasteiger partial charge in [-0.05, 0) is 67.1 Å². The molecule has 0 bridgehead atoms. The second-order valence-corrected chi connectivity index (χ2v) is 9.37. The van der Waals surface area contributed by atoms with Crippen molar-refractivity contribution >= 4 is 33.3 Å². The Balaban J connectivity index is 1.64. The molecule has 3 rings (SSSR count). The molecule has 0 radical (unpaired) electrons. The van der Waals surface area contributed by atoms with Crippen molar-refractivity contribution < 1.29 is 32.1 Å². The van der Waals surface area contributed by atoms with Gasteiger partial charge in [0.15, 0.2) is 6.73 Å². The summed E-state index contributed by atoms with van der Waals surface area (Å²) in [5, 5.41) is 8.30. The maximum atomic E-state index is 12.7. The Labute approximate surface area is 221 Å². The van der Waals surface area contributed by atoms with E-state index in [2.05, 4.69) is 21.4 Å². The fraction of sp³-hybridized carbons (Fsp3) is 0.231. The summed E-state index contributed by atoms with van der Waals surface area (Å²) in [6.45, 7) is 5.23. The van der Waals surface area contributed by atoms with Crippen LogP contribution in [0.3, 0.4) is 0 Å². The molecule has 0 spiro atoms. The largest absolute Gasteiger partial charge is 0.472 e. The highest BCUT2D eigenvalue weighted by Gasteiger charge is 2.20. The van der Waals surface area contributed by atoms with Gasteiger partial charge < -0.3 is 20.7 Å². The Kier molecular flexibility index (Phi) is 10.2. The minimum absolute atomic E-state index is 0.0129. The summed E-state index contributed by atoms with van der Waals surface area (Å²) in [5.41, 5.74) is 5.27. The van der Waals surface area contributed by atoms with Crippen molar-refractivity contribution in [2.75, 3.05) is 30.5 Å². The number of nitrogens with one attached hydrogen (secondary N) is 4. The summed E-state index contributed by atoms with van der Waals surface area (Å²) in [6.07, 6.45) is 0. The fourth-order valence-electron chi connectivity index (χ4n) is 3.29. The van der Waals surface area contributed by atoms with Crippen LogP contribution in [0, 0.1) is 0 Å². The summed E-state index contributed by atoms with van der Waals surface area (Å²) in [7, 11) is -4.69. The van der Waals surface area contributed by atoms with Gasteiger partial charge in [0, 0.05) is 35.6 Å². The van der Waals surface area contributed by atoms with E-state index in [4.69, 9.17) is 9.57 Å². The monoisotopic (exact) mass is 542 g/mol. The van der Waals surface area contributed by atoms with Crippen LogP contribution < -0.4 is 26.2 Å². The summed E-state index contributed by atoms with van der Waals surface area (Å²) < 4.78 is 39.2. The van der Waals surface area contributed by atoms with Gasteiger partial charge in [-0.1, -0.05) is 19.1 Å². The lowest BCUT2D eigenvalue weighted by molar-refractivity contribution is 0.0314. The molecule has 0 aliphatic heterocycles. The first-order valence-electron chi connectivity index (χ1n) is 11.8. The Hall–Kier alpha value is -3.97. The molecule has 0 saturated heterocycles. The van der Waals surface area contributed by atoms with Gasteiger partial charge in [-0.15, -0.1) is 0 Å². The molecule has 0 fully saturated rings. The maximum Gasteiger partial charge on any atom is 0.298 e. The zero-order chi connectivity index (χ0) is 27.5. The van der Waals surface area contributed by atoms with E-state index in [-0.39, 0.29) is 24.0 Å². The number of anilines is 2. The van der Waals surface area contributed by atoms with Crippen molar-refractivity contribution in [3.8, 4) is 5.75 Å². The van der Waals surface area contributed by atoms with E-state index in [1.807, 2.05) is 38.1 Å². The van der Waals surface area contributed by atoms with Crippen LogP contribution in [0.25, 0.3) is 0 Å². The molecule has 38 heavy (non-hydrogen) atoms. The molecule has 0 atom stereocenters. The van der Waals surface area contributed by atoms with Gasteiger partial charge in [0.1, 0.15) is 10.6 Å². The minimum atomic E-state index is -4.69. The Bertz CT molecular complexity index is 1350. The van der Waals surface area contributed by atoms with Gasteiger partial charge in [0.05, 0.1) is 6.61 Å². The first kappa shape index (κ1) is 28.6. The number of carbonyl (C=O) groups excluding carboxylic acids is 2. The first-order chi connectivity index (χ1) is 18.2. The average Bonchev–Trinajstić information content (AvgIpc) is 2.90. The molecule has 3 aromatic rings. The third-order valence-corrected chi connectivity index (χ3v) is 6.04. The average molecular weight is 543 g/mol. The third-order valence-electron chi connectivity index (χ3n) is 5.17. The van der Waals surface area contributed by atoms with Crippen molar-refractivity contribution in [1.82, 2.24) is 10.8 Å². The lowest BCUT2D eigenvalue weighted by Gasteiger charge is -2.13. The van der Waals surface area contributed by atoms with E-state index in [0.29, 0.717) is 30.9 Å². The van der Waals surface area contributed by atoms with Crippen LogP contribution in [-0.4, -0.2) is 44.6 Å². The van der Waals surface area contributed by atoms with Crippen LogP contribution in [-0.2, 0) is 21.6 Å². The number of ether oxygens (including phenoxy) is 1. The summed E-state index contributed by atoms with van der Waals surface area (Å²) in [4.78, 5) is 29.3. The highest BCUT2D eigenvalue weighted by molar-refractivity contribution is 7.86. The lowest BCUT2D eigenvalue weighted by Crippen LogP contribution is -2.22. The van der Waals surface area contributed by atoms with Gasteiger partial charge in [0.2, 0.25) is 0 Å². The standard InChI is InChI=1S/C26H30N4O7S/c1-3-27-25(31)19-7-12-22(13-8-19)30-26(32)20-9-14-23(24(15-20)38(33,34)35)36-17-28-21-10-5-18(6-11-21)16-37-29-4-2/h5-15,28-29H,3-4,16-17H2,1-2H3,(H,27,31)(H,30,32)(H,33,34,35). The summed E-state index contributed by atoms with van der Waals surface area (Å²) >= 11 is 0. The van der Waals surface area contributed by atoms with Gasteiger partial charge in [-0.3, -0.25) is 19.0 Å². The van der Waals surface area contributed by atoms with Crippen molar-refractivity contribution in [2.45, 2.75) is 25.3 Å². The van der Waals surface area contributed by atoms with Gasteiger partial charge >= 0.3 is 0 Å². The van der Waals surface area contributed by atoms with Gasteiger partial charge in [-0.2, -0.15) is 8.42 Å². The van der Waals surface area contributed by atoms with Crippen LogP contribution in [0.2, 0.25) is 0 Å². The molecular weight excluding hydrogens is 512 g/mol. The quantitative estimate of drug-likeness (QED) is 0.0945. The maximum absolute atomic E-state index is 12.7. The molecule has 0 heterocycles. The Morgan fingerprint density at radius 2 is 1.50 bits per heavy atom. The van der Waals surface area contributed by atoms with E-state index in [1.165, 1.54) is 12.1 Å². The highest BCUT2D eigenvalue weighted by atomic mass is 32.2. The van der Waals surface area contributed by atoms with Crippen molar-refractivity contribution in [3.05, 3.63) is 83.4 Å². The van der Waals surface area contributed by atoms with Crippen molar-refractivity contribution in [2.24, 2.45) is 0 Å². The normalized spacial score (nSPS) is 11.0. The number of amides is 2. The topological polar surface area (TPSA) is 155 Å². The number of carbonyl (C=O) groups is 2. The minimum Gasteiger partial charge on any atom is -0.472 e. The van der Waals surface area contributed by atoms with Crippen LogP contribution in [0.1, 0.15) is 40.1 Å². The van der Waals surface area contributed by atoms with E-state index >= 15 is 0 Å². The van der Waals surface area contributed by atoms with Crippen molar-refractivity contribution in [1.29, 1.82) is 0 Å². The molecule has 2 amide bonds. The number of hydroxylamine groups is 1. The van der Waals surface area contributed by atoms with E-state index in [1.54, 1.807) is 24.3 Å². The molecule has 5 N–H and O–H groups in total. The molecule has 0 unspecified atom stereocenters. The predicted octanol–water partition coefficient (Wildman–Crippen LogP) is 3.42. The SMILES string of the molecule is CCNOCc1ccc(NCOc2ccc(C(=O)Nc3ccc(C(=O)NCC)cc3)cc2S(=O)(=O)O)cc1. The number of hydrogen-bond donors (Lipinski definition) is 5. The predicted molar refractivity (Wildman–Crippen MR) is 143 cm³/mol. The summed E-state index contributed by atoms with van der Waals surface area (Å²) in [6, 6.07) is 17.3. The third kappa shape index (κ3) is 8.28. The highest BCUT2D eigenvalue weighted by Crippen LogP contribution is 2.26. The zero-order valence-corrected chi connectivity index (χ0v) is 21.8. The first-order valence-corrected chi connectivity index (χ1v) is 13.3. The van der Waals surface area contributed by atoms with Gasteiger partial charge in [0.25, 0.3) is 21.9 Å². The molecule has 11 nitrogen and oxygen atoms in total. The Morgan fingerprint density at radius 3 is 2.13 bits per heavy atom. The van der Waals surface area contributed by atoms with E-state index in [0.717, 1.165) is 17.3 Å². The molecule has 12 heteroatoms.